The van der Waals surface area contributed by atoms with Gasteiger partial charge < -0.3 is 14.6 Å². The van der Waals surface area contributed by atoms with E-state index in [-0.39, 0.29) is 17.7 Å². The zero-order valence-corrected chi connectivity index (χ0v) is 19.7. The van der Waals surface area contributed by atoms with Crippen molar-refractivity contribution in [2.45, 2.75) is 19.9 Å². The first-order chi connectivity index (χ1) is 16.8. The van der Waals surface area contributed by atoms with Crippen LogP contribution < -0.4 is 19.6 Å². The Balaban J connectivity index is 1.85. The van der Waals surface area contributed by atoms with E-state index in [2.05, 4.69) is 4.99 Å². The summed E-state index contributed by atoms with van der Waals surface area (Å²) >= 11 is 1.15. The van der Waals surface area contributed by atoms with Crippen molar-refractivity contribution < 1.29 is 28.6 Å². The number of allylic oxidation sites excluding steroid dienone is 1. The van der Waals surface area contributed by atoms with E-state index in [4.69, 9.17) is 14.6 Å². The Hall–Kier alpha value is -4.05. The summed E-state index contributed by atoms with van der Waals surface area (Å²) in [5, 5.41) is 8.82. The molecule has 0 amide bonds. The predicted octanol–water partition coefficient (Wildman–Crippen LogP) is 2.40. The van der Waals surface area contributed by atoms with Crippen LogP contribution >= 0.6 is 11.3 Å². The second kappa shape index (κ2) is 10.1. The number of rotatable bonds is 7. The Morgan fingerprint density at radius 2 is 1.97 bits per heavy atom. The third-order valence-electron chi connectivity index (χ3n) is 5.22. The minimum Gasteiger partial charge on any atom is -0.482 e. The molecule has 0 spiro atoms. The second-order valence-electron chi connectivity index (χ2n) is 7.61. The van der Waals surface area contributed by atoms with Crippen LogP contribution in [0.3, 0.4) is 0 Å². The normalized spacial score (nSPS) is 15.4. The van der Waals surface area contributed by atoms with Gasteiger partial charge in [-0.25, -0.2) is 19.0 Å². The molecule has 8 nitrogen and oxygen atoms in total. The standard InChI is InChI=1S/C25H21FN2O6S/c1-3-33-24(32)21-14(2)27-25-28(22(21)16-7-9-17(26)10-8-16)23(31)19(35-25)12-15-5-4-6-18(11-15)34-13-20(29)30/h4-12,22H,3,13H2,1-2H3,(H,29,30)/b19-12-/t22-/m0/s1. The molecular weight excluding hydrogens is 475 g/mol. The van der Waals surface area contributed by atoms with E-state index >= 15 is 0 Å². The van der Waals surface area contributed by atoms with Gasteiger partial charge >= 0.3 is 11.9 Å². The maximum atomic E-state index is 13.6. The van der Waals surface area contributed by atoms with Gasteiger partial charge in [0, 0.05) is 0 Å². The summed E-state index contributed by atoms with van der Waals surface area (Å²) in [7, 11) is 0. The Bertz CT molecular complexity index is 1500. The molecule has 35 heavy (non-hydrogen) atoms. The lowest BCUT2D eigenvalue weighted by Gasteiger charge is -2.24. The molecule has 0 aliphatic carbocycles. The maximum Gasteiger partial charge on any atom is 0.341 e. The topological polar surface area (TPSA) is 107 Å². The number of carboxylic acids is 1. The van der Waals surface area contributed by atoms with Gasteiger partial charge in [0.15, 0.2) is 11.4 Å². The smallest absolute Gasteiger partial charge is 0.341 e. The van der Waals surface area contributed by atoms with Crippen LogP contribution in [0.25, 0.3) is 6.08 Å². The highest BCUT2D eigenvalue weighted by molar-refractivity contribution is 7.07. The van der Waals surface area contributed by atoms with Crippen LogP contribution in [-0.2, 0) is 14.3 Å². The van der Waals surface area contributed by atoms with Crippen molar-refractivity contribution in [2.24, 2.45) is 4.99 Å². The molecule has 2 aromatic carbocycles. The number of esters is 1. The Labute approximate surface area is 202 Å². The molecule has 10 heteroatoms. The SMILES string of the molecule is CCOC(=O)C1=C(C)N=c2s/c(=C\c3cccc(OCC(=O)O)c3)c(=O)n2[C@H]1c1ccc(F)cc1. The lowest BCUT2D eigenvalue weighted by atomic mass is 9.96. The fourth-order valence-electron chi connectivity index (χ4n) is 3.74. The van der Waals surface area contributed by atoms with Crippen molar-refractivity contribution in [3.8, 4) is 5.75 Å². The van der Waals surface area contributed by atoms with Crippen molar-refractivity contribution >= 4 is 29.4 Å². The molecule has 1 aliphatic heterocycles. The molecule has 4 rings (SSSR count). The highest BCUT2D eigenvalue weighted by Gasteiger charge is 2.33. The van der Waals surface area contributed by atoms with Crippen molar-refractivity contribution in [1.29, 1.82) is 0 Å². The summed E-state index contributed by atoms with van der Waals surface area (Å²) in [5.74, 6) is -1.79. The summed E-state index contributed by atoms with van der Waals surface area (Å²) in [5.41, 5.74) is 1.41. The summed E-state index contributed by atoms with van der Waals surface area (Å²) < 4.78 is 25.8. The van der Waals surface area contributed by atoms with Gasteiger partial charge in [-0.1, -0.05) is 35.6 Å². The maximum absolute atomic E-state index is 13.6. The zero-order valence-electron chi connectivity index (χ0n) is 18.9. The number of hydrogen-bond donors (Lipinski definition) is 1. The molecule has 1 aliphatic rings. The highest BCUT2D eigenvalue weighted by atomic mass is 32.1. The number of carbonyl (C=O) groups is 2. The lowest BCUT2D eigenvalue weighted by molar-refractivity contribution is -0.140. The zero-order chi connectivity index (χ0) is 25.1. The van der Waals surface area contributed by atoms with Crippen LogP contribution in [0.15, 0.2) is 69.6 Å². The average molecular weight is 497 g/mol. The number of halogens is 1. The van der Waals surface area contributed by atoms with Gasteiger partial charge in [-0.3, -0.25) is 9.36 Å². The first kappa shape index (κ1) is 24.1. The largest absolute Gasteiger partial charge is 0.482 e. The van der Waals surface area contributed by atoms with Crippen LogP contribution in [0.5, 0.6) is 5.75 Å². The minimum atomic E-state index is -1.10. The number of hydrogen-bond acceptors (Lipinski definition) is 7. The fourth-order valence-corrected chi connectivity index (χ4v) is 4.79. The van der Waals surface area contributed by atoms with Gasteiger partial charge in [-0.15, -0.1) is 0 Å². The first-order valence-electron chi connectivity index (χ1n) is 10.7. The van der Waals surface area contributed by atoms with Crippen LogP contribution in [-0.4, -0.2) is 34.8 Å². The van der Waals surface area contributed by atoms with Gasteiger partial charge in [-0.05, 0) is 55.3 Å². The quantitative estimate of drug-likeness (QED) is 0.504. The summed E-state index contributed by atoms with van der Waals surface area (Å²) in [6.45, 7) is 3.02. The van der Waals surface area contributed by atoms with E-state index in [1.807, 2.05) is 0 Å². The lowest BCUT2D eigenvalue weighted by Crippen LogP contribution is -2.39. The van der Waals surface area contributed by atoms with E-state index < -0.39 is 30.4 Å². The Morgan fingerprint density at radius 3 is 2.66 bits per heavy atom. The molecule has 0 saturated carbocycles. The molecule has 0 fully saturated rings. The van der Waals surface area contributed by atoms with Crippen molar-refractivity contribution in [3.05, 3.63) is 96.4 Å². The number of benzene rings is 2. The number of carbonyl (C=O) groups excluding carboxylic acids is 1. The molecule has 180 valence electrons. The molecule has 1 aromatic heterocycles. The number of aromatic nitrogens is 1. The third-order valence-corrected chi connectivity index (χ3v) is 6.20. The van der Waals surface area contributed by atoms with Crippen LogP contribution in [0.4, 0.5) is 4.39 Å². The van der Waals surface area contributed by atoms with E-state index in [1.165, 1.54) is 28.8 Å². The molecule has 1 atom stereocenters. The second-order valence-corrected chi connectivity index (χ2v) is 8.62. The summed E-state index contributed by atoms with van der Waals surface area (Å²) in [4.78, 5) is 42.0. The number of fused-ring (bicyclic) bond motifs is 1. The van der Waals surface area contributed by atoms with Gasteiger partial charge in [-0.2, -0.15) is 0 Å². The highest BCUT2D eigenvalue weighted by Crippen LogP contribution is 2.30. The Morgan fingerprint density at radius 1 is 1.23 bits per heavy atom. The summed E-state index contributed by atoms with van der Waals surface area (Å²) in [6.07, 6.45) is 1.64. The van der Waals surface area contributed by atoms with Crippen LogP contribution in [0, 0.1) is 5.82 Å². The predicted molar refractivity (Wildman–Crippen MR) is 126 cm³/mol. The van der Waals surface area contributed by atoms with Crippen molar-refractivity contribution in [1.82, 2.24) is 4.57 Å². The van der Waals surface area contributed by atoms with Gasteiger partial charge in [0.2, 0.25) is 0 Å². The number of carboxylic acid groups (broad SMARTS) is 1. The van der Waals surface area contributed by atoms with Gasteiger partial charge in [0.1, 0.15) is 11.6 Å². The molecular formula is C25H21FN2O6S. The first-order valence-corrected chi connectivity index (χ1v) is 11.5. The van der Waals surface area contributed by atoms with E-state index in [0.717, 1.165) is 11.3 Å². The molecule has 0 saturated heterocycles. The number of thiazole rings is 1. The van der Waals surface area contributed by atoms with Crippen LogP contribution in [0.1, 0.15) is 31.0 Å². The Kier molecular flexibility index (Phi) is 6.92. The molecule has 1 N–H and O–H groups in total. The van der Waals surface area contributed by atoms with Gasteiger partial charge in [0.05, 0.1) is 28.5 Å². The molecule has 0 bridgehead atoms. The molecule has 0 radical (unpaired) electrons. The van der Waals surface area contributed by atoms with Crippen LogP contribution in [0.2, 0.25) is 0 Å². The van der Waals surface area contributed by atoms with E-state index in [1.54, 1.807) is 44.2 Å². The number of nitrogens with zero attached hydrogens (tertiary/aromatic N) is 2. The third kappa shape index (κ3) is 5.07. The summed E-state index contributed by atoms with van der Waals surface area (Å²) in [6, 6.07) is 11.4. The number of ether oxygens (including phenoxy) is 2. The van der Waals surface area contributed by atoms with Crippen molar-refractivity contribution in [3.63, 3.8) is 0 Å². The minimum absolute atomic E-state index is 0.149. The van der Waals surface area contributed by atoms with Gasteiger partial charge in [0.25, 0.3) is 5.56 Å². The molecule has 2 heterocycles. The monoisotopic (exact) mass is 496 g/mol. The molecule has 0 unspecified atom stereocenters. The van der Waals surface area contributed by atoms with E-state index in [9.17, 15) is 18.8 Å². The average Bonchev–Trinajstić information content (AvgIpc) is 3.12. The fraction of sp³-hybridized carbons (Fsp3) is 0.200. The van der Waals surface area contributed by atoms with Crippen molar-refractivity contribution in [2.75, 3.05) is 13.2 Å². The number of aliphatic carboxylic acids is 1. The molecule has 3 aromatic rings. The van der Waals surface area contributed by atoms with E-state index in [0.29, 0.717) is 31.9 Å².